The number of carbonyl (C=O) groups excluding carboxylic acids is 1. The standard InChI is InChI=1S/C10H13NO5S/c1-7(12)16-8-5-4-6-9(10(8)15-3)17(13,14)11-2/h4-6,11H,1-3H3. The van der Waals surface area contributed by atoms with E-state index in [-0.39, 0.29) is 16.4 Å². The molecule has 1 aromatic carbocycles. The summed E-state index contributed by atoms with van der Waals surface area (Å²) in [5.74, 6) is -0.490. The minimum absolute atomic E-state index is 0.00273. The summed E-state index contributed by atoms with van der Waals surface area (Å²) in [6.45, 7) is 1.22. The van der Waals surface area contributed by atoms with Crippen molar-refractivity contribution in [2.45, 2.75) is 11.8 Å². The van der Waals surface area contributed by atoms with Crippen LogP contribution in [0, 0.1) is 0 Å². The van der Waals surface area contributed by atoms with Crippen molar-refractivity contribution in [3.05, 3.63) is 18.2 Å². The molecule has 0 amide bonds. The Bertz CT molecular complexity index is 523. The van der Waals surface area contributed by atoms with E-state index in [9.17, 15) is 13.2 Å². The van der Waals surface area contributed by atoms with Crippen molar-refractivity contribution in [2.75, 3.05) is 14.2 Å². The number of para-hydroxylation sites is 1. The van der Waals surface area contributed by atoms with E-state index >= 15 is 0 Å². The summed E-state index contributed by atoms with van der Waals surface area (Å²) in [4.78, 5) is 10.8. The summed E-state index contributed by atoms with van der Waals surface area (Å²) >= 11 is 0. The normalized spacial score (nSPS) is 11.0. The molecule has 94 valence electrons. The second-order valence-corrected chi connectivity index (χ2v) is 4.94. The molecular formula is C10H13NO5S. The van der Waals surface area contributed by atoms with Gasteiger partial charge in [-0.3, -0.25) is 4.79 Å². The number of methoxy groups -OCH3 is 1. The van der Waals surface area contributed by atoms with Gasteiger partial charge in [0.2, 0.25) is 10.0 Å². The Balaban J connectivity index is 3.38. The molecule has 0 radical (unpaired) electrons. The van der Waals surface area contributed by atoms with Gasteiger partial charge in [-0.15, -0.1) is 0 Å². The van der Waals surface area contributed by atoms with E-state index in [0.29, 0.717) is 0 Å². The highest BCUT2D eigenvalue weighted by Gasteiger charge is 2.21. The largest absolute Gasteiger partial charge is 0.492 e. The molecular weight excluding hydrogens is 246 g/mol. The molecule has 0 aromatic heterocycles. The fraction of sp³-hybridized carbons (Fsp3) is 0.300. The Morgan fingerprint density at radius 3 is 2.47 bits per heavy atom. The van der Waals surface area contributed by atoms with Gasteiger partial charge in [-0.25, -0.2) is 13.1 Å². The maximum absolute atomic E-state index is 11.7. The Hall–Kier alpha value is -1.60. The molecule has 0 heterocycles. The van der Waals surface area contributed by atoms with Crippen molar-refractivity contribution in [3.8, 4) is 11.5 Å². The summed E-state index contributed by atoms with van der Waals surface area (Å²) in [6, 6.07) is 4.28. The highest BCUT2D eigenvalue weighted by molar-refractivity contribution is 7.89. The molecule has 0 aliphatic rings. The topological polar surface area (TPSA) is 81.7 Å². The number of ether oxygens (including phenoxy) is 2. The predicted octanol–water partition coefficient (Wildman–Crippen LogP) is 0.529. The van der Waals surface area contributed by atoms with Gasteiger partial charge in [-0.1, -0.05) is 6.07 Å². The van der Waals surface area contributed by atoms with E-state index in [4.69, 9.17) is 9.47 Å². The molecule has 0 fully saturated rings. The molecule has 0 aliphatic heterocycles. The highest BCUT2D eigenvalue weighted by atomic mass is 32.2. The fourth-order valence-corrected chi connectivity index (χ4v) is 2.16. The number of rotatable bonds is 4. The molecule has 0 aliphatic carbocycles. The zero-order valence-electron chi connectivity index (χ0n) is 9.68. The van der Waals surface area contributed by atoms with Crippen LogP contribution >= 0.6 is 0 Å². The summed E-state index contributed by atoms with van der Waals surface area (Å²) in [5, 5.41) is 0. The first-order valence-corrected chi connectivity index (χ1v) is 6.19. The number of hydrogen-bond donors (Lipinski definition) is 1. The quantitative estimate of drug-likeness (QED) is 0.630. The van der Waals surface area contributed by atoms with Crippen LogP contribution in [0.15, 0.2) is 23.1 Å². The van der Waals surface area contributed by atoms with Gasteiger partial charge in [0.05, 0.1) is 7.11 Å². The van der Waals surface area contributed by atoms with Crippen molar-refractivity contribution >= 4 is 16.0 Å². The molecule has 0 saturated carbocycles. The van der Waals surface area contributed by atoms with E-state index in [2.05, 4.69) is 4.72 Å². The highest BCUT2D eigenvalue weighted by Crippen LogP contribution is 2.33. The first kappa shape index (κ1) is 13.5. The van der Waals surface area contributed by atoms with E-state index in [1.54, 1.807) is 0 Å². The molecule has 6 nitrogen and oxygen atoms in total. The van der Waals surface area contributed by atoms with Gasteiger partial charge in [0.25, 0.3) is 0 Å². The van der Waals surface area contributed by atoms with Crippen LogP contribution in [0.4, 0.5) is 0 Å². The third-order valence-corrected chi connectivity index (χ3v) is 3.40. The lowest BCUT2D eigenvalue weighted by molar-refractivity contribution is -0.132. The average molecular weight is 259 g/mol. The van der Waals surface area contributed by atoms with Crippen molar-refractivity contribution in [1.82, 2.24) is 4.72 Å². The first-order valence-electron chi connectivity index (χ1n) is 4.71. The zero-order chi connectivity index (χ0) is 13.1. The number of hydrogen-bond acceptors (Lipinski definition) is 5. The van der Waals surface area contributed by atoms with E-state index < -0.39 is 16.0 Å². The molecule has 0 saturated heterocycles. The maximum Gasteiger partial charge on any atom is 0.308 e. The van der Waals surface area contributed by atoms with Gasteiger partial charge in [0.1, 0.15) is 4.90 Å². The molecule has 7 heteroatoms. The van der Waals surface area contributed by atoms with Crippen LogP contribution in [0.3, 0.4) is 0 Å². The Morgan fingerprint density at radius 1 is 1.35 bits per heavy atom. The molecule has 17 heavy (non-hydrogen) atoms. The Kier molecular flexibility index (Phi) is 4.08. The molecule has 1 rings (SSSR count). The molecule has 0 unspecified atom stereocenters. The van der Waals surface area contributed by atoms with Gasteiger partial charge in [-0.2, -0.15) is 0 Å². The SMILES string of the molecule is CNS(=O)(=O)c1cccc(OC(C)=O)c1OC. The summed E-state index contributed by atoms with van der Waals surface area (Å²) in [5.41, 5.74) is 0. The Labute approximate surface area is 99.6 Å². The molecule has 0 spiro atoms. The van der Waals surface area contributed by atoms with Gasteiger partial charge in [0.15, 0.2) is 11.5 Å². The van der Waals surface area contributed by atoms with Gasteiger partial charge in [-0.05, 0) is 19.2 Å². The Morgan fingerprint density at radius 2 is 2.00 bits per heavy atom. The van der Waals surface area contributed by atoms with Crippen LogP contribution in [-0.4, -0.2) is 28.5 Å². The minimum Gasteiger partial charge on any atom is -0.492 e. The fourth-order valence-electron chi connectivity index (χ4n) is 1.25. The summed E-state index contributed by atoms with van der Waals surface area (Å²) < 4.78 is 35.4. The second kappa shape index (κ2) is 5.15. The van der Waals surface area contributed by atoms with Crippen LogP contribution in [0.2, 0.25) is 0 Å². The van der Waals surface area contributed by atoms with Crippen LogP contribution in [-0.2, 0) is 14.8 Å². The van der Waals surface area contributed by atoms with Gasteiger partial charge >= 0.3 is 5.97 Å². The van der Waals surface area contributed by atoms with Crippen molar-refractivity contribution < 1.29 is 22.7 Å². The molecule has 1 N–H and O–H groups in total. The molecule has 0 bridgehead atoms. The lowest BCUT2D eigenvalue weighted by Crippen LogP contribution is -2.19. The van der Waals surface area contributed by atoms with Crippen molar-refractivity contribution in [1.29, 1.82) is 0 Å². The summed E-state index contributed by atoms with van der Waals surface area (Å²) in [6.07, 6.45) is 0. The summed E-state index contributed by atoms with van der Waals surface area (Å²) in [7, 11) is -1.08. The number of nitrogens with one attached hydrogen (secondary N) is 1. The molecule has 1 aromatic rings. The van der Waals surface area contributed by atoms with Gasteiger partial charge in [0, 0.05) is 6.92 Å². The van der Waals surface area contributed by atoms with E-state index in [1.807, 2.05) is 0 Å². The lowest BCUT2D eigenvalue weighted by Gasteiger charge is -2.12. The number of carbonyl (C=O) groups is 1. The maximum atomic E-state index is 11.7. The lowest BCUT2D eigenvalue weighted by atomic mass is 10.3. The third kappa shape index (κ3) is 2.95. The van der Waals surface area contributed by atoms with Crippen molar-refractivity contribution in [2.24, 2.45) is 0 Å². The smallest absolute Gasteiger partial charge is 0.308 e. The number of sulfonamides is 1. The monoisotopic (exact) mass is 259 g/mol. The van der Waals surface area contributed by atoms with Gasteiger partial charge < -0.3 is 9.47 Å². The second-order valence-electron chi connectivity index (χ2n) is 3.09. The first-order chi connectivity index (χ1) is 7.92. The zero-order valence-corrected chi connectivity index (χ0v) is 10.5. The van der Waals surface area contributed by atoms with Crippen LogP contribution in [0.1, 0.15) is 6.92 Å². The van der Waals surface area contributed by atoms with Crippen LogP contribution in [0.5, 0.6) is 11.5 Å². The van der Waals surface area contributed by atoms with E-state index in [1.165, 1.54) is 39.3 Å². The number of esters is 1. The van der Waals surface area contributed by atoms with Crippen LogP contribution < -0.4 is 14.2 Å². The molecule has 0 atom stereocenters. The third-order valence-electron chi connectivity index (χ3n) is 1.96. The predicted molar refractivity (Wildman–Crippen MR) is 60.5 cm³/mol. The van der Waals surface area contributed by atoms with E-state index in [0.717, 1.165) is 0 Å². The average Bonchev–Trinajstić information content (AvgIpc) is 2.28. The van der Waals surface area contributed by atoms with Crippen LogP contribution in [0.25, 0.3) is 0 Å². The minimum atomic E-state index is -3.67. The number of benzene rings is 1. The van der Waals surface area contributed by atoms with Crippen molar-refractivity contribution in [3.63, 3.8) is 0 Å².